The molecule has 0 saturated heterocycles. The van der Waals surface area contributed by atoms with Crippen LogP contribution in [0.15, 0.2) is 0 Å². The zero-order valence-corrected chi connectivity index (χ0v) is 19.1. The molecule has 7 heteroatoms. The topological polar surface area (TPSA) is 145 Å². The third kappa shape index (κ3) is 17.8. The summed E-state index contributed by atoms with van der Waals surface area (Å²) in [5.41, 5.74) is 23.3. The molecule has 0 spiro atoms. The van der Waals surface area contributed by atoms with E-state index in [1.165, 1.54) is 51.4 Å². The number of nitrogens with zero attached hydrogens (tertiary/aromatic N) is 1. The predicted octanol–water partition coefficient (Wildman–Crippen LogP) is 3.10. The lowest BCUT2D eigenvalue weighted by Gasteiger charge is -2.36. The first-order valence-corrected chi connectivity index (χ1v) is 11.7. The standard InChI is InChI=1S/C22H49N5O2/c1-3-5-7-9-11-13-15-21(23,24)18-27(17-20(28)29)19-22(25,26)16-14-12-10-8-6-4-2/h3-19,23-26H2,1-2H3,(H,28,29). The van der Waals surface area contributed by atoms with Crippen molar-refractivity contribution in [3.63, 3.8) is 0 Å². The SMILES string of the molecule is CCCCCCCCC(N)(N)CN(CC(=O)O)CC(N)(N)CCCCCCCC. The van der Waals surface area contributed by atoms with Crippen LogP contribution in [-0.4, -0.2) is 46.9 Å². The Kier molecular flexibility index (Phi) is 15.6. The fraction of sp³-hybridized carbons (Fsp3) is 0.955. The number of hydrogen-bond acceptors (Lipinski definition) is 6. The second-order valence-electron chi connectivity index (χ2n) is 9.04. The first-order valence-electron chi connectivity index (χ1n) is 11.7. The van der Waals surface area contributed by atoms with Crippen LogP contribution >= 0.6 is 0 Å². The molecule has 29 heavy (non-hydrogen) atoms. The van der Waals surface area contributed by atoms with Crippen molar-refractivity contribution in [2.45, 2.75) is 115 Å². The molecule has 0 heterocycles. The van der Waals surface area contributed by atoms with Crippen molar-refractivity contribution in [1.82, 2.24) is 4.90 Å². The molecule has 7 nitrogen and oxygen atoms in total. The lowest BCUT2D eigenvalue weighted by molar-refractivity contribution is -0.138. The number of carboxylic acids is 1. The number of unbranched alkanes of at least 4 members (excludes halogenated alkanes) is 10. The van der Waals surface area contributed by atoms with E-state index in [1.54, 1.807) is 4.90 Å². The quantitative estimate of drug-likeness (QED) is 0.152. The first kappa shape index (κ1) is 28.3. The van der Waals surface area contributed by atoms with Crippen LogP contribution in [0.2, 0.25) is 0 Å². The van der Waals surface area contributed by atoms with E-state index >= 15 is 0 Å². The molecule has 0 aromatic heterocycles. The van der Waals surface area contributed by atoms with Crippen LogP contribution in [0.4, 0.5) is 0 Å². The van der Waals surface area contributed by atoms with Gasteiger partial charge in [0.1, 0.15) is 0 Å². The summed E-state index contributed by atoms with van der Waals surface area (Å²) in [4.78, 5) is 13.0. The monoisotopic (exact) mass is 415 g/mol. The van der Waals surface area contributed by atoms with Crippen molar-refractivity contribution in [2.75, 3.05) is 19.6 Å². The van der Waals surface area contributed by atoms with E-state index in [0.717, 1.165) is 25.7 Å². The average molecular weight is 416 g/mol. The van der Waals surface area contributed by atoms with Crippen molar-refractivity contribution in [1.29, 1.82) is 0 Å². The van der Waals surface area contributed by atoms with E-state index in [4.69, 9.17) is 22.9 Å². The molecule has 0 aromatic rings. The van der Waals surface area contributed by atoms with Crippen molar-refractivity contribution in [3.05, 3.63) is 0 Å². The van der Waals surface area contributed by atoms with Gasteiger partial charge in [-0.3, -0.25) is 9.69 Å². The van der Waals surface area contributed by atoms with Gasteiger partial charge in [-0.05, 0) is 12.8 Å². The van der Waals surface area contributed by atoms with Gasteiger partial charge in [0.15, 0.2) is 0 Å². The predicted molar refractivity (Wildman–Crippen MR) is 122 cm³/mol. The van der Waals surface area contributed by atoms with Gasteiger partial charge in [-0.15, -0.1) is 0 Å². The van der Waals surface area contributed by atoms with E-state index in [-0.39, 0.29) is 19.6 Å². The highest BCUT2D eigenvalue weighted by atomic mass is 16.4. The second kappa shape index (κ2) is 16.0. The minimum Gasteiger partial charge on any atom is -0.480 e. The fourth-order valence-corrected chi connectivity index (χ4v) is 3.82. The number of aliphatic carboxylic acids is 1. The van der Waals surface area contributed by atoms with Crippen molar-refractivity contribution >= 4 is 5.97 Å². The Hall–Kier alpha value is -0.730. The largest absolute Gasteiger partial charge is 0.480 e. The van der Waals surface area contributed by atoms with Crippen LogP contribution in [-0.2, 0) is 4.79 Å². The van der Waals surface area contributed by atoms with Gasteiger partial charge >= 0.3 is 5.97 Å². The molecule has 0 radical (unpaired) electrons. The molecule has 174 valence electrons. The Bertz CT molecular complexity index is 386. The molecule has 0 aliphatic carbocycles. The highest BCUT2D eigenvalue weighted by molar-refractivity contribution is 5.69. The van der Waals surface area contributed by atoms with E-state index < -0.39 is 17.3 Å². The van der Waals surface area contributed by atoms with E-state index in [2.05, 4.69) is 13.8 Å². The fourth-order valence-electron chi connectivity index (χ4n) is 3.82. The third-order valence-electron chi connectivity index (χ3n) is 5.39. The normalized spacial score (nSPS) is 12.7. The molecule has 0 saturated carbocycles. The maximum atomic E-state index is 11.3. The van der Waals surface area contributed by atoms with Gasteiger partial charge in [0.2, 0.25) is 0 Å². The van der Waals surface area contributed by atoms with E-state index in [0.29, 0.717) is 12.8 Å². The van der Waals surface area contributed by atoms with Crippen LogP contribution in [0.25, 0.3) is 0 Å². The van der Waals surface area contributed by atoms with Crippen LogP contribution in [0, 0.1) is 0 Å². The van der Waals surface area contributed by atoms with Crippen LogP contribution in [0.3, 0.4) is 0 Å². The van der Waals surface area contributed by atoms with Gasteiger partial charge in [0.05, 0.1) is 17.9 Å². The molecule has 0 aromatic carbocycles. The lowest BCUT2D eigenvalue weighted by Crippen LogP contribution is -2.63. The summed E-state index contributed by atoms with van der Waals surface area (Å²) in [6, 6.07) is 0. The zero-order chi connectivity index (χ0) is 22.2. The molecule has 0 fully saturated rings. The molecule has 0 atom stereocenters. The van der Waals surface area contributed by atoms with Gasteiger partial charge in [0, 0.05) is 13.1 Å². The van der Waals surface area contributed by atoms with E-state index in [9.17, 15) is 9.90 Å². The smallest absolute Gasteiger partial charge is 0.317 e. The Morgan fingerprint density at radius 1 is 0.690 bits per heavy atom. The molecular formula is C22H49N5O2. The van der Waals surface area contributed by atoms with Gasteiger partial charge in [0.25, 0.3) is 0 Å². The molecule has 0 amide bonds. The van der Waals surface area contributed by atoms with Crippen LogP contribution in [0.5, 0.6) is 0 Å². The summed E-state index contributed by atoms with van der Waals surface area (Å²) in [5.74, 6) is -0.921. The van der Waals surface area contributed by atoms with Gasteiger partial charge in [-0.1, -0.05) is 90.9 Å². The Balaban J connectivity index is 4.44. The number of hydrogen-bond donors (Lipinski definition) is 5. The highest BCUT2D eigenvalue weighted by Gasteiger charge is 2.29. The van der Waals surface area contributed by atoms with Gasteiger partial charge in [-0.25, -0.2) is 0 Å². The lowest BCUT2D eigenvalue weighted by atomic mass is 9.99. The van der Waals surface area contributed by atoms with Crippen LogP contribution < -0.4 is 22.9 Å². The maximum absolute atomic E-state index is 11.3. The molecule has 0 unspecified atom stereocenters. The summed E-state index contributed by atoms with van der Waals surface area (Å²) < 4.78 is 0. The molecular weight excluding hydrogens is 366 g/mol. The Morgan fingerprint density at radius 2 is 1.03 bits per heavy atom. The minimum absolute atomic E-state index is 0.153. The second-order valence-corrected chi connectivity index (χ2v) is 9.04. The summed E-state index contributed by atoms with van der Waals surface area (Å²) in [6.45, 7) is 4.80. The Labute approximate surface area is 178 Å². The summed E-state index contributed by atoms with van der Waals surface area (Å²) >= 11 is 0. The molecule has 0 bridgehead atoms. The number of carboxylic acid groups (broad SMARTS) is 1. The zero-order valence-electron chi connectivity index (χ0n) is 19.1. The molecule has 0 aliphatic rings. The number of nitrogens with two attached hydrogens (primary N) is 4. The Morgan fingerprint density at radius 3 is 1.38 bits per heavy atom. The van der Waals surface area contributed by atoms with Crippen LogP contribution in [0.1, 0.15) is 104 Å². The molecule has 0 rings (SSSR count). The summed E-state index contributed by atoms with van der Waals surface area (Å²) in [7, 11) is 0. The first-order chi connectivity index (χ1) is 13.6. The third-order valence-corrected chi connectivity index (χ3v) is 5.39. The average Bonchev–Trinajstić information content (AvgIpc) is 2.59. The molecule has 0 aliphatic heterocycles. The maximum Gasteiger partial charge on any atom is 0.317 e. The summed E-state index contributed by atoms with van der Waals surface area (Å²) in [6.07, 6.45) is 15.3. The molecule has 9 N–H and O–H groups in total. The summed E-state index contributed by atoms with van der Waals surface area (Å²) in [5, 5.41) is 9.27. The number of rotatable bonds is 20. The van der Waals surface area contributed by atoms with Crippen molar-refractivity contribution in [2.24, 2.45) is 22.9 Å². The van der Waals surface area contributed by atoms with Gasteiger partial charge in [-0.2, -0.15) is 0 Å². The van der Waals surface area contributed by atoms with Crippen molar-refractivity contribution < 1.29 is 9.90 Å². The van der Waals surface area contributed by atoms with Gasteiger partial charge < -0.3 is 28.0 Å². The van der Waals surface area contributed by atoms with Crippen molar-refractivity contribution in [3.8, 4) is 0 Å². The minimum atomic E-state index is -0.934. The number of carbonyl (C=O) groups is 1. The highest BCUT2D eigenvalue weighted by Crippen LogP contribution is 2.15. The van der Waals surface area contributed by atoms with E-state index in [1.807, 2.05) is 0 Å².